The third-order valence-corrected chi connectivity index (χ3v) is 0.866. The molecule has 0 saturated heterocycles. The summed E-state index contributed by atoms with van der Waals surface area (Å²) in [6.45, 7) is 2.43. The maximum Gasteiger partial charge on any atom is 0.420 e. The maximum absolute atomic E-state index is 11.6. The van der Waals surface area contributed by atoms with Crippen LogP contribution in [0.3, 0.4) is 0 Å². The standard InChI is InChI=1S/C5H2F3N2/c1-4(2-9,3-10)5(6,7)8/h1H2. The minimum absolute atomic E-state index is 0.771. The van der Waals surface area contributed by atoms with Gasteiger partial charge in [0.2, 0.25) is 5.41 Å². The van der Waals surface area contributed by atoms with E-state index in [4.69, 9.17) is 10.5 Å². The van der Waals surface area contributed by atoms with Gasteiger partial charge in [-0.05, 0) is 6.92 Å². The molecule has 0 aromatic rings. The van der Waals surface area contributed by atoms with Gasteiger partial charge in [0.1, 0.15) is 0 Å². The summed E-state index contributed by atoms with van der Waals surface area (Å²) in [5.74, 6) is 0. The van der Waals surface area contributed by atoms with Crippen molar-refractivity contribution in [3.05, 3.63) is 6.92 Å². The Morgan fingerprint density at radius 2 is 1.40 bits per heavy atom. The number of hydrogen-bond acceptors (Lipinski definition) is 2. The van der Waals surface area contributed by atoms with E-state index in [1.807, 2.05) is 0 Å². The van der Waals surface area contributed by atoms with Crippen molar-refractivity contribution in [3.8, 4) is 12.1 Å². The highest BCUT2D eigenvalue weighted by atomic mass is 19.4. The predicted molar refractivity (Wildman–Crippen MR) is 25.1 cm³/mol. The molecular formula is C5H2F3N2. The highest BCUT2D eigenvalue weighted by Crippen LogP contribution is 2.35. The summed E-state index contributed by atoms with van der Waals surface area (Å²) in [6.07, 6.45) is -4.88. The molecule has 2 nitrogen and oxygen atoms in total. The Bertz CT molecular complexity index is 190. The molecule has 0 rings (SSSR count). The van der Waals surface area contributed by atoms with Crippen molar-refractivity contribution in [1.82, 2.24) is 0 Å². The Labute approximate surface area is 55.5 Å². The summed E-state index contributed by atoms with van der Waals surface area (Å²) in [7, 11) is 0. The van der Waals surface area contributed by atoms with E-state index in [0.717, 1.165) is 12.1 Å². The van der Waals surface area contributed by atoms with Crippen LogP contribution in [0.1, 0.15) is 0 Å². The molecule has 0 aliphatic carbocycles. The normalized spacial score (nSPS) is 11.8. The van der Waals surface area contributed by atoms with E-state index in [1.54, 1.807) is 0 Å². The molecule has 0 aromatic carbocycles. The van der Waals surface area contributed by atoms with Crippen LogP contribution in [0.15, 0.2) is 0 Å². The highest BCUT2D eigenvalue weighted by Gasteiger charge is 2.52. The van der Waals surface area contributed by atoms with Gasteiger partial charge in [-0.25, -0.2) is 0 Å². The second kappa shape index (κ2) is 2.18. The zero-order valence-electron chi connectivity index (χ0n) is 4.74. The van der Waals surface area contributed by atoms with Gasteiger partial charge < -0.3 is 0 Å². The lowest BCUT2D eigenvalue weighted by molar-refractivity contribution is -0.169. The average Bonchev–Trinajstić information content (AvgIpc) is 1.84. The Kier molecular flexibility index (Phi) is 1.92. The zero-order valence-corrected chi connectivity index (χ0v) is 4.74. The topological polar surface area (TPSA) is 47.6 Å². The molecule has 0 spiro atoms. The molecule has 0 bridgehead atoms. The van der Waals surface area contributed by atoms with E-state index in [9.17, 15) is 13.2 Å². The largest absolute Gasteiger partial charge is 0.420 e. The van der Waals surface area contributed by atoms with Crippen LogP contribution in [0.5, 0.6) is 0 Å². The molecule has 0 unspecified atom stereocenters. The first-order valence-corrected chi connectivity index (χ1v) is 2.12. The SMILES string of the molecule is [CH2]C(C#N)(C#N)C(F)(F)F. The minimum atomic E-state index is -4.88. The Balaban J connectivity index is 4.77. The van der Waals surface area contributed by atoms with Crippen LogP contribution in [0.4, 0.5) is 13.2 Å². The molecule has 0 amide bonds. The van der Waals surface area contributed by atoms with Gasteiger partial charge in [0.25, 0.3) is 0 Å². The van der Waals surface area contributed by atoms with Crippen LogP contribution in [0.25, 0.3) is 0 Å². The number of alkyl halides is 3. The lowest BCUT2D eigenvalue weighted by Crippen LogP contribution is -2.32. The molecule has 0 atom stereocenters. The summed E-state index contributed by atoms with van der Waals surface area (Å²) < 4.78 is 34.8. The third kappa shape index (κ3) is 1.19. The van der Waals surface area contributed by atoms with Crippen LogP contribution in [-0.4, -0.2) is 6.18 Å². The van der Waals surface area contributed by atoms with Gasteiger partial charge in [-0.3, -0.25) is 0 Å². The van der Waals surface area contributed by atoms with Gasteiger partial charge in [0.05, 0.1) is 12.1 Å². The molecular weight excluding hydrogens is 145 g/mol. The fourth-order valence-corrected chi connectivity index (χ4v) is 0.152. The van der Waals surface area contributed by atoms with Crippen molar-refractivity contribution in [1.29, 1.82) is 10.5 Å². The van der Waals surface area contributed by atoms with Gasteiger partial charge in [-0.1, -0.05) is 0 Å². The van der Waals surface area contributed by atoms with Crippen LogP contribution in [0.2, 0.25) is 0 Å². The van der Waals surface area contributed by atoms with E-state index < -0.39 is 11.6 Å². The molecule has 0 aliphatic rings. The van der Waals surface area contributed by atoms with E-state index in [-0.39, 0.29) is 0 Å². The zero-order chi connectivity index (χ0) is 8.41. The average molecular weight is 147 g/mol. The van der Waals surface area contributed by atoms with E-state index >= 15 is 0 Å². The van der Waals surface area contributed by atoms with Crippen LogP contribution >= 0.6 is 0 Å². The fraction of sp³-hybridized carbons (Fsp3) is 0.400. The van der Waals surface area contributed by atoms with Crippen molar-refractivity contribution in [2.75, 3.05) is 0 Å². The monoisotopic (exact) mass is 147 g/mol. The lowest BCUT2D eigenvalue weighted by atomic mass is 9.95. The first-order chi connectivity index (χ1) is 4.37. The molecule has 10 heavy (non-hydrogen) atoms. The molecule has 1 radical (unpaired) electrons. The van der Waals surface area contributed by atoms with Gasteiger partial charge in [-0.15, -0.1) is 0 Å². The number of halogens is 3. The second-order valence-corrected chi connectivity index (χ2v) is 1.63. The number of rotatable bonds is 0. The van der Waals surface area contributed by atoms with Crippen LogP contribution < -0.4 is 0 Å². The van der Waals surface area contributed by atoms with E-state index in [0.29, 0.717) is 0 Å². The molecule has 0 fully saturated rings. The Morgan fingerprint density at radius 3 is 1.40 bits per heavy atom. The van der Waals surface area contributed by atoms with Gasteiger partial charge in [0.15, 0.2) is 0 Å². The van der Waals surface area contributed by atoms with Crippen LogP contribution in [0, 0.1) is 35.0 Å². The fourth-order valence-electron chi connectivity index (χ4n) is 0.152. The molecule has 0 heterocycles. The van der Waals surface area contributed by atoms with Crippen molar-refractivity contribution in [2.45, 2.75) is 6.18 Å². The summed E-state index contributed by atoms with van der Waals surface area (Å²) in [5.41, 5.74) is -3.12. The Morgan fingerprint density at radius 1 is 1.10 bits per heavy atom. The maximum atomic E-state index is 11.6. The van der Waals surface area contributed by atoms with Gasteiger partial charge >= 0.3 is 6.18 Å². The van der Waals surface area contributed by atoms with Crippen LogP contribution in [-0.2, 0) is 0 Å². The summed E-state index contributed by atoms with van der Waals surface area (Å²) in [6, 6.07) is 1.54. The first kappa shape index (κ1) is 8.77. The third-order valence-electron chi connectivity index (χ3n) is 0.866. The highest BCUT2D eigenvalue weighted by molar-refractivity contribution is 5.19. The molecule has 0 aliphatic heterocycles. The van der Waals surface area contributed by atoms with E-state index in [1.165, 1.54) is 0 Å². The number of hydrogen-bond donors (Lipinski definition) is 0. The molecule has 0 aromatic heterocycles. The van der Waals surface area contributed by atoms with Crippen molar-refractivity contribution < 1.29 is 13.2 Å². The number of nitriles is 2. The van der Waals surface area contributed by atoms with Gasteiger partial charge in [-0.2, -0.15) is 23.7 Å². The molecule has 0 saturated carbocycles. The van der Waals surface area contributed by atoms with Crippen molar-refractivity contribution in [3.63, 3.8) is 0 Å². The summed E-state index contributed by atoms with van der Waals surface area (Å²) in [5, 5.41) is 15.7. The number of nitrogens with zero attached hydrogens (tertiary/aromatic N) is 2. The Hall–Kier alpha value is -1.23. The van der Waals surface area contributed by atoms with Crippen molar-refractivity contribution >= 4 is 0 Å². The van der Waals surface area contributed by atoms with E-state index in [2.05, 4.69) is 6.92 Å². The second-order valence-electron chi connectivity index (χ2n) is 1.63. The smallest absolute Gasteiger partial charge is 0.196 e. The quantitative estimate of drug-likeness (QED) is 0.520. The first-order valence-electron chi connectivity index (χ1n) is 2.12. The molecule has 0 N–H and O–H groups in total. The van der Waals surface area contributed by atoms with Crippen molar-refractivity contribution in [2.24, 2.45) is 5.41 Å². The van der Waals surface area contributed by atoms with Gasteiger partial charge in [0, 0.05) is 0 Å². The minimum Gasteiger partial charge on any atom is -0.196 e. The predicted octanol–water partition coefficient (Wildman–Crippen LogP) is 1.42. The lowest BCUT2D eigenvalue weighted by Gasteiger charge is -2.15. The summed E-state index contributed by atoms with van der Waals surface area (Å²) >= 11 is 0. The molecule has 53 valence electrons. The molecule has 5 heteroatoms. The summed E-state index contributed by atoms with van der Waals surface area (Å²) in [4.78, 5) is 0.